The van der Waals surface area contributed by atoms with Gasteiger partial charge in [-0.15, -0.1) is 0 Å². The number of aliphatic carboxylic acids is 1. The lowest BCUT2D eigenvalue weighted by Crippen LogP contribution is -2.45. The van der Waals surface area contributed by atoms with Crippen molar-refractivity contribution in [1.29, 1.82) is 0 Å². The van der Waals surface area contributed by atoms with Gasteiger partial charge in [0, 0.05) is 12.5 Å². The molecule has 92 valence electrons. The van der Waals surface area contributed by atoms with E-state index in [1.165, 1.54) is 0 Å². The van der Waals surface area contributed by atoms with Gasteiger partial charge in [0.2, 0.25) is 5.91 Å². The number of carbonyl (C=O) groups is 2. The largest absolute Gasteiger partial charge is 0.481 e. The average molecular weight is 227 g/mol. The Morgan fingerprint density at radius 3 is 2.25 bits per heavy atom. The maximum absolute atomic E-state index is 11.4. The Morgan fingerprint density at radius 2 is 1.81 bits per heavy atom. The van der Waals surface area contributed by atoms with Crippen molar-refractivity contribution >= 4 is 11.9 Å². The number of carboxylic acid groups (broad SMARTS) is 1. The first-order chi connectivity index (χ1) is 7.48. The van der Waals surface area contributed by atoms with Crippen molar-refractivity contribution in [3.05, 3.63) is 0 Å². The van der Waals surface area contributed by atoms with Gasteiger partial charge in [-0.3, -0.25) is 9.59 Å². The molecule has 1 saturated carbocycles. The maximum Gasteiger partial charge on any atom is 0.311 e. The van der Waals surface area contributed by atoms with Crippen molar-refractivity contribution in [2.24, 2.45) is 11.3 Å². The third-order valence-electron chi connectivity index (χ3n) is 3.39. The number of carbonyl (C=O) groups excluding carboxylic acids is 1. The van der Waals surface area contributed by atoms with Gasteiger partial charge in [-0.25, -0.2) is 0 Å². The van der Waals surface area contributed by atoms with Gasteiger partial charge >= 0.3 is 5.97 Å². The maximum atomic E-state index is 11.4. The molecule has 0 bridgehead atoms. The molecule has 1 amide bonds. The monoisotopic (exact) mass is 227 g/mol. The fourth-order valence-corrected chi connectivity index (χ4v) is 2.16. The minimum absolute atomic E-state index is 0.0637. The van der Waals surface area contributed by atoms with Crippen LogP contribution in [0.5, 0.6) is 0 Å². The second-order valence-corrected chi connectivity index (χ2v) is 5.02. The molecule has 1 rings (SSSR count). The summed E-state index contributed by atoms with van der Waals surface area (Å²) in [5.74, 6) is -0.920. The zero-order chi connectivity index (χ0) is 12.2. The number of rotatable bonds is 4. The van der Waals surface area contributed by atoms with Crippen molar-refractivity contribution in [3.63, 3.8) is 0 Å². The van der Waals surface area contributed by atoms with E-state index in [1.54, 1.807) is 0 Å². The van der Waals surface area contributed by atoms with Gasteiger partial charge in [0.1, 0.15) is 0 Å². The molecular formula is C12H21NO3. The molecule has 0 spiro atoms. The van der Waals surface area contributed by atoms with Crippen LogP contribution in [0.4, 0.5) is 0 Å². The summed E-state index contributed by atoms with van der Waals surface area (Å²) in [4.78, 5) is 22.8. The topological polar surface area (TPSA) is 66.4 Å². The zero-order valence-electron chi connectivity index (χ0n) is 10.1. The summed E-state index contributed by atoms with van der Waals surface area (Å²) in [6.07, 6.45) is 4.36. The standard InChI is InChI=1S/C12H21NO3/c1-9(2)10(14)13-8-12(11(15)16)6-4-3-5-7-12/h9H,3-8H2,1-2H3,(H,13,14)(H,15,16). The first kappa shape index (κ1) is 13.0. The third-order valence-corrected chi connectivity index (χ3v) is 3.39. The number of amides is 1. The van der Waals surface area contributed by atoms with Crippen LogP contribution in [-0.2, 0) is 9.59 Å². The smallest absolute Gasteiger partial charge is 0.311 e. The summed E-state index contributed by atoms with van der Waals surface area (Å²) in [6.45, 7) is 3.90. The predicted octanol–water partition coefficient (Wildman–Crippen LogP) is 1.79. The quantitative estimate of drug-likeness (QED) is 0.769. The highest BCUT2D eigenvalue weighted by Gasteiger charge is 2.39. The molecule has 1 aliphatic rings. The molecule has 1 aliphatic carbocycles. The molecule has 1 fully saturated rings. The van der Waals surface area contributed by atoms with Gasteiger partial charge < -0.3 is 10.4 Å². The second kappa shape index (κ2) is 5.32. The molecule has 0 aromatic carbocycles. The lowest BCUT2D eigenvalue weighted by Gasteiger charge is -2.33. The number of hydrogen-bond acceptors (Lipinski definition) is 2. The average Bonchev–Trinajstić information content (AvgIpc) is 2.26. The predicted molar refractivity (Wildman–Crippen MR) is 61.0 cm³/mol. The molecule has 0 unspecified atom stereocenters. The summed E-state index contributed by atoms with van der Waals surface area (Å²) in [7, 11) is 0. The van der Waals surface area contributed by atoms with Crippen LogP contribution in [0.25, 0.3) is 0 Å². The summed E-state index contributed by atoms with van der Waals surface area (Å²) < 4.78 is 0. The third kappa shape index (κ3) is 2.97. The number of hydrogen-bond donors (Lipinski definition) is 2. The highest BCUT2D eigenvalue weighted by Crippen LogP contribution is 2.36. The van der Waals surface area contributed by atoms with E-state index in [-0.39, 0.29) is 18.4 Å². The highest BCUT2D eigenvalue weighted by atomic mass is 16.4. The fourth-order valence-electron chi connectivity index (χ4n) is 2.16. The Kier molecular flexibility index (Phi) is 4.33. The first-order valence-corrected chi connectivity index (χ1v) is 5.99. The van der Waals surface area contributed by atoms with Crippen LogP contribution in [0, 0.1) is 11.3 Å². The Hall–Kier alpha value is -1.06. The van der Waals surface area contributed by atoms with Crippen molar-refractivity contribution in [2.75, 3.05) is 6.54 Å². The van der Waals surface area contributed by atoms with Crippen LogP contribution in [0.1, 0.15) is 46.0 Å². The molecule has 0 atom stereocenters. The molecule has 0 heterocycles. The molecule has 0 aromatic heterocycles. The van der Waals surface area contributed by atoms with E-state index in [0.717, 1.165) is 19.3 Å². The minimum Gasteiger partial charge on any atom is -0.481 e. The van der Waals surface area contributed by atoms with Crippen LogP contribution in [0.2, 0.25) is 0 Å². The van der Waals surface area contributed by atoms with E-state index in [0.29, 0.717) is 12.8 Å². The molecule has 4 heteroatoms. The van der Waals surface area contributed by atoms with E-state index in [1.807, 2.05) is 13.8 Å². The van der Waals surface area contributed by atoms with Crippen molar-refractivity contribution < 1.29 is 14.7 Å². The van der Waals surface area contributed by atoms with Crippen molar-refractivity contribution in [2.45, 2.75) is 46.0 Å². The first-order valence-electron chi connectivity index (χ1n) is 5.99. The molecular weight excluding hydrogens is 206 g/mol. The van der Waals surface area contributed by atoms with Crippen LogP contribution in [-0.4, -0.2) is 23.5 Å². The van der Waals surface area contributed by atoms with Gasteiger partial charge in [0.15, 0.2) is 0 Å². The summed E-state index contributed by atoms with van der Waals surface area (Å²) in [6, 6.07) is 0. The fraction of sp³-hybridized carbons (Fsp3) is 0.833. The van der Waals surface area contributed by atoms with Gasteiger partial charge in [-0.2, -0.15) is 0 Å². The lowest BCUT2D eigenvalue weighted by molar-refractivity contribution is -0.151. The molecule has 4 nitrogen and oxygen atoms in total. The summed E-state index contributed by atoms with van der Waals surface area (Å²) in [5.41, 5.74) is -0.719. The van der Waals surface area contributed by atoms with E-state index < -0.39 is 11.4 Å². The summed E-state index contributed by atoms with van der Waals surface area (Å²) >= 11 is 0. The Bertz CT molecular complexity index is 267. The zero-order valence-corrected chi connectivity index (χ0v) is 10.1. The Labute approximate surface area is 96.4 Å². The Morgan fingerprint density at radius 1 is 1.25 bits per heavy atom. The van der Waals surface area contributed by atoms with Gasteiger partial charge in [-0.05, 0) is 12.8 Å². The summed E-state index contributed by atoms with van der Waals surface area (Å²) in [5, 5.41) is 12.0. The van der Waals surface area contributed by atoms with Crippen LogP contribution < -0.4 is 5.32 Å². The van der Waals surface area contributed by atoms with Crippen LogP contribution in [0.3, 0.4) is 0 Å². The van der Waals surface area contributed by atoms with Gasteiger partial charge in [-0.1, -0.05) is 33.1 Å². The van der Waals surface area contributed by atoms with Crippen molar-refractivity contribution in [1.82, 2.24) is 5.32 Å². The lowest BCUT2D eigenvalue weighted by atomic mass is 9.74. The molecule has 0 radical (unpaired) electrons. The minimum atomic E-state index is -0.767. The van der Waals surface area contributed by atoms with Crippen molar-refractivity contribution in [3.8, 4) is 0 Å². The molecule has 0 aliphatic heterocycles. The number of nitrogens with one attached hydrogen (secondary N) is 1. The Balaban J connectivity index is 2.58. The second-order valence-electron chi connectivity index (χ2n) is 5.02. The van der Waals surface area contributed by atoms with Gasteiger partial charge in [0.05, 0.1) is 5.41 Å². The number of carboxylic acids is 1. The highest BCUT2D eigenvalue weighted by molar-refractivity contribution is 5.80. The van der Waals surface area contributed by atoms with E-state index in [9.17, 15) is 14.7 Å². The van der Waals surface area contributed by atoms with Crippen LogP contribution >= 0.6 is 0 Å². The SMILES string of the molecule is CC(C)C(=O)NCC1(C(=O)O)CCCCC1. The molecule has 2 N–H and O–H groups in total. The normalized spacial score (nSPS) is 19.4. The van der Waals surface area contributed by atoms with Crippen LogP contribution in [0.15, 0.2) is 0 Å². The van der Waals surface area contributed by atoms with Gasteiger partial charge in [0.25, 0.3) is 0 Å². The molecule has 0 saturated heterocycles. The molecule has 0 aromatic rings. The van der Waals surface area contributed by atoms with E-state index in [2.05, 4.69) is 5.32 Å². The van der Waals surface area contributed by atoms with E-state index in [4.69, 9.17) is 0 Å². The van der Waals surface area contributed by atoms with E-state index >= 15 is 0 Å². The molecule has 16 heavy (non-hydrogen) atoms.